The number of hydrogen-bond acceptors (Lipinski definition) is 8. The molecule has 0 atom stereocenters. The van der Waals surface area contributed by atoms with Crippen molar-refractivity contribution < 1.29 is 19.1 Å². The highest BCUT2D eigenvalue weighted by atomic mass is 35.5. The number of aryl methyl sites for hydroxylation is 1. The molecule has 6 rings (SSSR count). The Morgan fingerprint density at radius 1 is 1.02 bits per heavy atom. The highest BCUT2D eigenvalue weighted by Crippen LogP contribution is 2.43. The standard InChI is InChI=1S/C38H51ClN6O4/c1-37(2,3)49-36(47)45-24-38(25-45)16-18-44(19-17-38)30-11-5-26(6-12-30)4-8-29-22-42-34(23-41-29)35(46)43-28-9-14-31(15-10-28)48-32-13-7-27(21-40)33(39)20-32/h7,13,20,22-23,26,28,30-31H,4-6,8-12,14-19,24-25H2,1-3H3,(H,43,46)/t26?,28-,30?,31-. The van der Waals surface area contributed by atoms with Crippen LogP contribution >= 0.6 is 11.6 Å². The van der Waals surface area contributed by atoms with E-state index in [4.69, 9.17) is 26.3 Å². The average Bonchev–Trinajstić information content (AvgIpc) is 3.07. The molecule has 2 aliphatic carbocycles. The summed E-state index contributed by atoms with van der Waals surface area (Å²) >= 11 is 6.14. The van der Waals surface area contributed by atoms with Gasteiger partial charge in [-0.25, -0.2) is 9.78 Å². The fourth-order valence-corrected chi connectivity index (χ4v) is 8.30. The largest absolute Gasteiger partial charge is 0.490 e. The second-order valence-electron chi connectivity index (χ2n) is 15.8. The van der Waals surface area contributed by atoms with E-state index in [0.29, 0.717) is 39.4 Å². The topological polar surface area (TPSA) is 121 Å². The van der Waals surface area contributed by atoms with E-state index in [0.717, 1.165) is 70.4 Å². The first-order valence-corrected chi connectivity index (χ1v) is 18.6. The van der Waals surface area contributed by atoms with Gasteiger partial charge >= 0.3 is 6.09 Å². The number of hydrogen-bond donors (Lipinski definition) is 1. The molecule has 2 amide bonds. The van der Waals surface area contributed by atoms with Gasteiger partial charge in [0.05, 0.1) is 28.6 Å². The molecular weight excluding hydrogens is 640 g/mol. The molecule has 4 fully saturated rings. The third-order valence-corrected chi connectivity index (χ3v) is 11.3. The molecule has 2 saturated heterocycles. The quantitative estimate of drug-likeness (QED) is 0.316. The maximum atomic E-state index is 12.9. The van der Waals surface area contributed by atoms with E-state index < -0.39 is 5.60 Å². The summed E-state index contributed by atoms with van der Waals surface area (Å²) in [7, 11) is 0. The lowest BCUT2D eigenvalue weighted by Gasteiger charge is -2.54. The SMILES string of the molecule is CC(C)(C)OC(=O)N1CC2(CCN(C3CCC(CCc4cnc(C(=O)N[C@H]5CC[C@H](Oc6ccc(C#N)c(Cl)c6)CC5)cn4)CC3)CC2)C1. The van der Waals surface area contributed by atoms with Crippen molar-refractivity contribution in [2.24, 2.45) is 11.3 Å². The van der Waals surface area contributed by atoms with E-state index in [1.807, 2.05) is 25.7 Å². The summed E-state index contributed by atoms with van der Waals surface area (Å²) in [6.07, 6.45) is 15.9. The van der Waals surface area contributed by atoms with E-state index in [1.54, 1.807) is 30.6 Å². The lowest BCUT2D eigenvalue weighted by molar-refractivity contribution is -0.0661. The van der Waals surface area contributed by atoms with E-state index in [9.17, 15) is 9.59 Å². The number of likely N-dealkylation sites (tertiary alicyclic amines) is 2. The monoisotopic (exact) mass is 690 g/mol. The zero-order valence-electron chi connectivity index (χ0n) is 29.3. The first-order chi connectivity index (χ1) is 23.5. The van der Waals surface area contributed by atoms with Crippen LogP contribution in [0.5, 0.6) is 5.75 Å². The molecule has 0 unspecified atom stereocenters. The highest BCUT2D eigenvalue weighted by Gasteiger charge is 2.48. The van der Waals surface area contributed by atoms with Crippen molar-refractivity contribution in [3.63, 3.8) is 0 Å². The van der Waals surface area contributed by atoms with Gasteiger partial charge < -0.3 is 24.6 Å². The second kappa shape index (κ2) is 15.2. The number of rotatable bonds is 8. The smallest absolute Gasteiger partial charge is 0.410 e. The Hall–Kier alpha value is -3.42. The molecule has 264 valence electrons. The molecule has 11 heteroatoms. The predicted molar refractivity (Wildman–Crippen MR) is 187 cm³/mol. The van der Waals surface area contributed by atoms with Crippen molar-refractivity contribution in [3.05, 3.63) is 52.6 Å². The number of carbonyl (C=O) groups excluding carboxylic acids is 2. The summed E-state index contributed by atoms with van der Waals surface area (Å²) < 4.78 is 11.6. The molecule has 49 heavy (non-hydrogen) atoms. The number of halogens is 1. The van der Waals surface area contributed by atoms with Gasteiger partial charge in [-0.05, 0) is 129 Å². The Bertz CT molecular complexity index is 1490. The number of aromatic nitrogens is 2. The van der Waals surface area contributed by atoms with Gasteiger partial charge in [0.25, 0.3) is 5.91 Å². The van der Waals surface area contributed by atoms with E-state index >= 15 is 0 Å². The van der Waals surface area contributed by atoms with E-state index in [-0.39, 0.29) is 24.1 Å². The Labute approximate surface area is 295 Å². The Kier molecular flexibility index (Phi) is 11.0. The molecule has 0 bridgehead atoms. The Morgan fingerprint density at radius 2 is 1.73 bits per heavy atom. The molecular formula is C38H51ClN6O4. The number of amides is 2. The lowest BCUT2D eigenvalue weighted by atomic mass is 9.71. The van der Waals surface area contributed by atoms with Crippen LogP contribution in [0.25, 0.3) is 0 Å². The molecule has 1 N–H and O–H groups in total. The molecule has 1 aromatic heterocycles. The number of nitriles is 1. The van der Waals surface area contributed by atoms with Gasteiger partial charge in [0.15, 0.2) is 0 Å². The second-order valence-corrected chi connectivity index (χ2v) is 16.2. The zero-order chi connectivity index (χ0) is 34.6. The van der Waals surface area contributed by atoms with Crippen LogP contribution < -0.4 is 10.1 Å². The number of piperidine rings is 1. The summed E-state index contributed by atoms with van der Waals surface area (Å²) in [4.78, 5) is 38.9. The van der Waals surface area contributed by atoms with Crippen molar-refractivity contribution in [2.75, 3.05) is 26.2 Å². The van der Waals surface area contributed by atoms with Gasteiger partial charge in [0, 0.05) is 42.9 Å². The van der Waals surface area contributed by atoms with Crippen LogP contribution in [0.3, 0.4) is 0 Å². The number of nitrogens with one attached hydrogen (secondary N) is 1. The fourth-order valence-electron chi connectivity index (χ4n) is 8.09. The number of nitrogens with zero attached hydrogens (tertiary/aromatic N) is 5. The molecule has 1 spiro atoms. The van der Waals surface area contributed by atoms with Gasteiger partial charge in [0.2, 0.25) is 0 Å². The zero-order valence-corrected chi connectivity index (χ0v) is 30.0. The molecule has 2 saturated carbocycles. The molecule has 4 aliphatic rings. The number of benzene rings is 1. The van der Waals surface area contributed by atoms with Crippen LogP contribution in [0.2, 0.25) is 5.02 Å². The minimum absolute atomic E-state index is 0.0519. The van der Waals surface area contributed by atoms with Gasteiger partial charge in [-0.2, -0.15) is 5.26 Å². The summed E-state index contributed by atoms with van der Waals surface area (Å²) in [5.41, 5.74) is 1.59. The van der Waals surface area contributed by atoms with Crippen molar-refractivity contribution in [1.82, 2.24) is 25.1 Å². The minimum Gasteiger partial charge on any atom is -0.490 e. The molecule has 2 aromatic rings. The maximum Gasteiger partial charge on any atom is 0.410 e. The summed E-state index contributed by atoms with van der Waals surface area (Å²) in [6, 6.07) is 7.95. The normalized spacial score (nSPS) is 25.6. The fraction of sp³-hybridized carbons (Fsp3) is 0.658. The minimum atomic E-state index is -0.441. The lowest BCUT2D eigenvalue weighted by Crippen LogP contribution is -2.63. The third-order valence-electron chi connectivity index (χ3n) is 11.0. The molecule has 0 radical (unpaired) electrons. The number of carbonyl (C=O) groups is 2. The Balaban J connectivity index is 0.852. The first-order valence-electron chi connectivity index (χ1n) is 18.2. The highest BCUT2D eigenvalue weighted by molar-refractivity contribution is 6.31. The number of ether oxygens (including phenoxy) is 2. The van der Waals surface area contributed by atoms with Crippen molar-refractivity contribution in [2.45, 2.75) is 122 Å². The van der Waals surface area contributed by atoms with Gasteiger partial charge in [-0.1, -0.05) is 11.6 Å². The van der Waals surface area contributed by atoms with Crippen LogP contribution in [0.1, 0.15) is 113 Å². The van der Waals surface area contributed by atoms with Crippen molar-refractivity contribution >= 4 is 23.6 Å². The molecule has 10 nitrogen and oxygen atoms in total. The summed E-state index contributed by atoms with van der Waals surface area (Å²) in [6.45, 7) is 9.72. The molecule has 2 aliphatic heterocycles. The van der Waals surface area contributed by atoms with Crippen LogP contribution in [0, 0.1) is 22.7 Å². The Morgan fingerprint density at radius 3 is 2.35 bits per heavy atom. The maximum absolute atomic E-state index is 12.9. The van der Waals surface area contributed by atoms with E-state index in [2.05, 4.69) is 26.3 Å². The molecule has 3 heterocycles. The van der Waals surface area contributed by atoms with Gasteiger partial charge in [-0.15, -0.1) is 0 Å². The summed E-state index contributed by atoms with van der Waals surface area (Å²) in [5.74, 6) is 1.19. The first kappa shape index (κ1) is 35.4. The van der Waals surface area contributed by atoms with Gasteiger partial charge in [0.1, 0.15) is 23.1 Å². The van der Waals surface area contributed by atoms with Crippen LogP contribution in [-0.4, -0.2) is 81.7 Å². The van der Waals surface area contributed by atoms with E-state index in [1.165, 1.54) is 38.5 Å². The van der Waals surface area contributed by atoms with Crippen LogP contribution in [0.15, 0.2) is 30.6 Å². The van der Waals surface area contributed by atoms with Crippen molar-refractivity contribution in [1.29, 1.82) is 5.26 Å². The van der Waals surface area contributed by atoms with Crippen LogP contribution in [0.4, 0.5) is 4.79 Å². The van der Waals surface area contributed by atoms with Gasteiger partial charge in [-0.3, -0.25) is 9.78 Å². The summed E-state index contributed by atoms with van der Waals surface area (Å²) in [5, 5.41) is 12.6. The van der Waals surface area contributed by atoms with Crippen LogP contribution in [-0.2, 0) is 11.2 Å². The molecule has 1 aromatic carbocycles. The van der Waals surface area contributed by atoms with Crippen molar-refractivity contribution in [3.8, 4) is 11.8 Å². The third kappa shape index (κ3) is 9.23. The predicted octanol–water partition coefficient (Wildman–Crippen LogP) is 6.95. The average molecular weight is 691 g/mol.